The van der Waals surface area contributed by atoms with Crippen molar-refractivity contribution in [1.82, 2.24) is 0 Å². The third-order valence-electron chi connectivity index (χ3n) is 2.86. The van der Waals surface area contributed by atoms with Crippen molar-refractivity contribution < 1.29 is 14.3 Å². The van der Waals surface area contributed by atoms with Crippen LogP contribution in [0.1, 0.15) is 24.5 Å². The quantitative estimate of drug-likeness (QED) is 0.598. The molecule has 0 fully saturated rings. The van der Waals surface area contributed by atoms with Gasteiger partial charge in [-0.3, -0.25) is 0 Å². The highest BCUT2D eigenvalue weighted by Gasteiger charge is 2.06. The van der Waals surface area contributed by atoms with Crippen LogP contribution in [-0.4, -0.2) is 6.16 Å². The molecule has 0 heterocycles. The van der Waals surface area contributed by atoms with Crippen molar-refractivity contribution >= 4 is 6.16 Å². The lowest BCUT2D eigenvalue weighted by atomic mass is 10.1. The molecule has 2 aromatic rings. The molecular weight excluding hydrogens is 252 g/mol. The molecule has 3 heteroatoms. The smallest absolute Gasteiger partial charge is 0.429 e. The van der Waals surface area contributed by atoms with Crippen molar-refractivity contribution in [2.75, 3.05) is 0 Å². The lowest BCUT2D eigenvalue weighted by Gasteiger charge is -2.06. The largest absolute Gasteiger partial charge is 0.514 e. The van der Waals surface area contributed by atoms with E-state index in [1.54, 1.807) is 12.1 Å². The van der Waals surface area contributed by atoms with E-state index in [9.17, 15) is 4.79 Å². The first kappa shape index (κ1) is 14.1. The van der Waals surface area contributed by atoms with Crippen LogP contribution in [0.4, 0.5) is 4.79 Å². The maximum Gasteiger partial charge on any atom is 0.514 e. The van der Waals surface area contributed by atoms with Gasteiger partial charge in [-0.25, -0.2) is 4.79 Å². The highest BCUT2D eigenvalue weighted by molar-refractivity contribution is 5.63. The summed E-state index contributed by atoms with van der Waals surface area (Å²) < 4.78 is 10.2. The predicted molar refractivity (Wildman–Crippen MR) is 77.7 cm³/mol. The van der Waals surface area contributed by atoms with Crippen molar-refractivity contribution in [2.45, 2.75) is 26.4 Å². The van der Waals surface area contributed by atoms with Crippen LogP contribution in [0, 0.1) is 0 Å². The fraction of sp³-hybridized carbons (Fsp3) is 0.235. The molecule has 0 N–H and O–H groups in total. The molecule has 2 aromatic carbocycles. The molecule has 0 saturated carbocycles. The fourth-order valence-electron chi connectivity index (χ4n) is 1.86. The Morgan fingerprint density at radius 1 is 0.950 bits per heavy atom. The summed E-state index contributed by atoms with van der Waals surface area (Å²) in [5.74, 6) is 0.503. The van der Waals surface area contributed by atoms with Gasteiger partial charge in [0.25, 0.3) is 0 Å². The molecule has 0 aromatic heterocycles. The van der Waals surface area contributed by atoms with E-state index in [4.69, 9.17) is 9.47 Å². The van der Waals surface area contributed by atoms with Crippen LogP contribution in [0.15, 0.2) is 54.6 Å². The molecule has 3 nitrogen and oxygen atoms in total. The molecule has 0 amide bonds. The Balaban J connectivity index is 1.82. The summed E-state index contributed by atoms with van der Waals surface area (Å²) in [6, 6.07) is 17.0. The second-order valence-corrected chi connectivity index (χ2v) is 4.52. The molecule has 0 unspecified atom stereocenters. The monoisotopic (exact) mass is 270 g/mol. The van der Waals surface area contributed by atoms with Gasteiger partial charge in [-0.15, -0.1) is 0 Å². The highest BCUT2D eigenvalue weighted by atomic mass is 16.7. The lowest BCUT2D eigenvalue weighted by Crippen LogP contribution is -2.10. The average molecular weight is 270 g/mol. The van der Waals surface area contributed by atoms with Gasteiger partial charge >= 0.3 is 6.16 Å². The molecule has 104 valence electrons. The zero-order valence-corrected chi connectivity index (χ0v) is 11.5. The molecule has 0 saturated heterocycles. The van der Waals surface area contributed by atoms with E-state index in [1.807, 2.05) is 42.5 Å². The predicted octanol–water partition coefficient (Wildman–Crippen LogP) is 4.35. The van der Waals surface area contributed by atoms with Crippen molar-refractivity contribution in [1.29, 1.82) is 0 Å². The van der Waals surface area contributed by atoms with E-state index in [0.717, 1.165) is 18.4 Å². The van der Waals surface area contributed by atoms with Crippen LogP contribution in [0.3, 0.4) is 0 Å². The number of ether oxygens (including phenoxy) is 2. The standard InChI is InChI=1S/C17H18O3/c1-2-6-14-9-11-16(12-10-14)20-17(18)19-13-15-7-4-3-5-8-15/h3-5,7-12H,2,6,13H2,1H3. The van der Waals surface area contributed by atoms with Crippen LogP contribution in [0.2, 0.25) is 0 Å². The fourth-order valence-corrected chi connectivity index (χ4v) is 1.86. The topological polar surface area (TPSA) is 35.5 Å². The number of carbonyl (C=O) groups excluding carboxylic acids is 1. The minimum atomic E-state index is -0.683. The van der Waals surface area contributed by atoms with E-state index in [-0.39, 0.29) is 6.61 Å². The Labute approximate surface area is 119 Å². The maximum absolute atomic E-state index is 11.6. The van der Waals surface area contributed by atoms with Crippen molar-refractivity contribution in [3.63, 3.8) is 0 Å². The molecule has 2 rings (SSSR count). The van der Waals surface area contributed by atoms with Gasteiger partial charge in [0, 0.05) is 0 Å². The van der Waals surface area contributed by atoms with Gasteiger partial charge in [0.15, 0.2) is 0 Å². The van der Waals surface area contributed by atoms with Crippen molar-refractivity contribution in [3.8, 4) is 5.75 Å². The Morgan fingerprint density at radius 3 is 2.30 bits per heavy atom. The number of carbonyl (C=O) groups is 1. The molecule has 0 aliphatic carbocycles. The minimum absolute atomic E-state index is 0.216. The van der Waals surface area contributed by atoms with Crippen LogP contribution in [0.5, 0.6) is 5.75 Å². The maximum atomic E-state index is 11.6. The second kappa shape index (κ2) is 7.34. The first-order chi connectivity index (χ1) is 9.78. The summed E-state index contributed by atoms with van der Waals surface area (Å²) in [5, 5.41) is 0. The Hall–Kier alpha value is -2.29. The van der Waals surface area contributed by atoms with Gasteiger partial charge < -0.3 is 9.47 Å². The first-order valence-electron chi connectivity index (χ1n) is 6.75. The van der Waals surface area contributed by atoms with E-state index < -0.39 is 6.16 Å². The van der Waals surface area contributed by atoms with Gasteiger partial charge in [0.05, 0.1) is 0 Å². The van der Waals surface area contributed by atoms with Gasteiger partial charge in [-0.1, -0.05) is 55.8 Å². The Morgan fingerprint density at radius 2 is 1.65 bits per heavy atom. The molecule has 20 heavy (non-hydrogen) atoms. The Kier molecular flexibility index (Phi) is 5.18. The van der Waals surface area contributed by atoms with E-state index in [0.29, 0.717) is 5.75 Å². The molecule has 0 aliphatic rings. The molecule has 0 spiro atoms. The third kappa shape index (κ3) is 4.43. The lowest BCUT2D eigenvalue weighted by molar-refractivity contribution is 0.0928. The molecule has 0 aliphatic heterocycles. The van der Waals surface area contributed by atoms with Crippen LogP contribution >= 0.6 is 0 Å². The highest BCUT2D eigenvalue weighted by Crippen LogP contribution is 2.14. The van der Waals surface area contributed by atoms with Crippen LogP contribution in [0.25, 0.3) is 0 Å². The third-order valence-corrected chi connectivity index (χ3v) is 2.86. The van der Waals surface area contributed by atoms with Gasteiger partial charge in [0.2, 0.25) is 0 Å². The normalized spacial score (nSPS) is 10.1. The van der Waals surface area contributed by atoms with Crippen LogP contribution in [-0.2, 0) is 17.8 Å². The SMILES string of the molecule is CCCc1ccc(OC(=O)OCc2ccccc2)cc1. The minimum Gasteiger partial charge on any atom is -0.429 e. The van der Waals surface area contributed by atoms with Gasteiger partial charge in [-0.2, -0.15) is 0 Å². The summed E-state index contributed by atoms with van der Waals surface area (Å²) in [7, 11) is 0. The number of rotatable bonds is 5. The zero-order valence-electron chi connectivity index (χ0n) is 11.5. The van der Waals surface area contributed by atoms with E-state index in [1.165, 1.54) is 5.56 Å². The summed E-state index contributed by atoms with van der Waals surface area (Å²) in [6.07, 6.45) is 1.44. The Bertz CT molecular complexity index is 532. The number of aryl methyl sites for hydroxylation is 1. The molecular formula is C17H18O3. The summed E-state index contributed by atoms with van der Waals surface area (Å²) in [5.41, 5.74) is 2.17. The van der Waals surface area contributed by atoms with Gasteiger partial charge in [-0.05, 0) is 29.7 Å². The number of hydrogen-bond donors (Lipinski definition) is 0. The van der Waals surface area contributed by atoms with Crippen LogP contribution < -0.4 is 4.74 Å². The summed E-state index contributed by atoms with van der Waals surface area (Å²) >= 11 is 0. The summed E-state index contributed by atoms with van der Waals surface area (Å²) in [6.45, 7) is 2.35. The zero-order chi connectivity index (χ0) is 14.2. The second-order valence-electron chi connectivity index (χ2n) is 4.52. The molecule has 0 atom stereocenters. The van der Waals surface area contributed by atoms with Gasteiger partial charge in [0.1, 0.15) is 12.4 Å². The van der Waals surface area contributed by atoms with E-state index in [2.05, 4.69) is 6.92 Å². The van der Waals surface area contributed by atoms with Crippen molar-refractivity contribution in [2.24, 2.45) is 0 Å². The molecule has 0 radical (unpaired) electrons. The van der Waals surface area contributed by atoms with Crippen molar-refractivity contribution in [3.05, 3.63) is 65.7 Å². The van der Waals surface area contributed by atoms with E-state index >= 15 is 0 Å². The number of benzene rings is 2. The first-order valence-corrected chi connectivity index (χ1v) is 6.75. The summed E-state index contributed by atoms with van der Waals surface area (Å²) in [4.78, 5) is 11.6. The average Bonchev–Trinajstić information content (AvgIpc) is 2.49. The number of hydrogen-bond acceptors (Lipinski definition) is 3. The molecule has 0 bridgehead atoms.